The number of aromatic nitrogens is 2. The van der Waals surface area contributed by atoms with Crippen LogP contribution in [0, 0.1) is 5.92 Å². The van der Waals surface area contributed by atoms with Gasteiger partial charge in [0.05, 0.1) is 0 Å². The molecule has 1 amide bonds. The molecule has 5 rings (SSSR count). The van der Waals surface area contributed by atoms with Crippen LogP contribution in [0.25, 0.3) is 0 Å². The molecule has 2 aliphatic heterocycles. The highest BCUT2D eigenvalue weighted by Gasteiger charge is 2.42. The molecule has 1 aromatic carbocycles. The van der Waals surface area contributed by atoms with Crippen LogP contribution in [-0.2, 0) is 6.42 Å². The van der Waals surface area contributed by atoms with Crippen LogP contribution in [0.15, 0.2) is 70.4 Å². The summed E-state index contributed by atoms with van der Waals surface area (Å²) in [5, 5.41) is 0. The van der Waals surface area contributed by atoms with Gasteiger partial charge in [-0.15, -0.1) is 0 Å². The minimum absolute atomic E-state index is 0.0373. The third kappa shape index (κ3) is 2.85. The van der Waals surface area contributed by atoms with Gasteiger partial charge in [0.25, 0.3) is 11.5 Å². The topological polar surface area (TPSA) is 68.3 Å². The predicted octanol–water partition coefficient (Wildman–Crippen LogP) is 2.88. The van der Waals surface area contributed by atoms with Crippen LogP contribution >= 0.6 is 0 Å². The van der Waals surface area contributed by atoms with E-state index in [1.165, 1.54) is 18.2 Å². The van der Waals surface area contributed by atoms with E-state index in [9.17, 15) is 9.59 Å². The van der Waals surface area contributed by atoms with E-state index in [0.29, 0.717) is 18.8 Å². The summed E-state index contributed by atoms with van der Waals surface area (Å²) < 4.78 is 6.96. The van der Waals surface area contributed by atoms with Gasteiger partial charge in [0.1, 0.15) is 6.26 Å². The molecule has 0 unspecified atom stereocenters. The Kier molecular flexibility index (Phi) is 4.11. The van der Waals surface area contributed by atoms with Gasteiger partial charge >= 0.3 is 0 Å². The number of fused-ring (bicyclic) bond motifs is 4. The van der Waals surface area contributed by atoms with Gasteiger partial charge in [-0.1, -0.05) is 36.4 Å². The summed E-state index contributed by atoms with van der Waals surface area (Å²) in [5.74, 6) is 0.284. The molecule has 2 aromatic heterocycles. The molecule has 2 bridgehead atoms. The molecule has 3 aromatic rings. The highest BCUT2D eigenvalue weighted by atomic mass is 16.3. The van der Waals surface area contributed by atoms with Gasteiger partial charge in [-0.2, -0.15) is 0 Å². The average Bonchev–Trinajstić information content (AvgIpc) is 3.26. The molecule has 2 aliphatic rings. The largest absolute Gasteiger partial charge is 0.451 e. The Balaban J connectivity index is 1.53. The van der Waals surface area contributed by atoms with Gasteiger partial charge < -0.3 is 13.9 Å². The smallest absolute Gasteiger partial charge is 0.275 e. The quantitative estimate of drug-likeness (QED) is 0.706. The number of pyridine rings is 1. The zero-order valence-electron chi connectivity index (χ0n) is 15.4. The molecule has 0 aliphatic carbocycles. The maximum atomic E-state index is 12.9. The van der Waals surface area contributed by atoms with Crippen molar-refractivity contribution in [1.82, 2.24) is 14.5 Å². The maximum absolute atomic E-state index is 12.9. The van der Waals surface area contributed by atoms with Crippen LogP contribution in [0.1, 0.15) is 40.1 Å². The summed E-state index contributed by atoms with van der Waals surface area (Å²) in [4.78, 5) is 31.5. The predicted molar refractivity (Wildman–Crippen MR) is 103 cm³/mol. The van der Waals surface area contributed by atoms with Crippen LogP contribution < -0.4 is 5.56 Å². The zero-order valence-corrected chi connectivity index (χ0v) is 15.4. The molecule has 6 nitrogen and oxygen atoms in total. The summed E-state index contributed by atoms with van der Waals surface area (Å²) in [5.41, 5.74) is 2.62. The second-order valence-corrected chi connectivity index (χ2v) is 7.69. The van der Waals surface area contributed by atoms with Gasteiger partial charge in [0.2, 0.25) is 0 Å². The fourth-order valence-electron chi connectivity index (χ4n) is 4.81. The molecular weight excluding hydrogens is 354 g/mol. The van der Waals surface area contributed by atoms with Gasteiger partial charge in [0, 0.05) is 36.8 Å². The molecule has 142 valence electrons. The lowest BCUT2D eigenvalue weighted by molar-refractivity contribution is 0.0523. The first-order chi connectivity index (χ1) is 13.7. The van der Waals surface area contributed by atoms with Crippen molar-refractivity contribution in [2.24, 2.45) is 5.92 Å². The van der Waals surface area contributed by atoms with Crippen LogP contribution in [-0.4, -0.2) is 33.4 Å². The lowest BCUT2D eigenvalue weighted by Crippen LogP contribution is -2.51. The number of hydrogen-bond donors (Lipinski definition) is 0. The van der Waals surface area contributed by atoms with Crippen molar-refractivity contribution in [2.45, 2.75) is 24.8 Å². The Labute approximate surface area is 162 Å². The Hall–Kier alpha value is -3.15. The Morgan fingerprint density at radius 2 is 1.96 bits per heavy atom. The lowest BCUT2D eigenvalue weighted by Gasteiger charge is -2.47. The van der Waals surface area contributed by atoms with E-state index < -0.39 is 0 Å². The molecule has 0 saturated carbocycles. The molecule has 0 N–H and O–H groups in total. The summed E-state index contributed by atoms with van der Waals surface area (Å²) in [6.07, 6.45) is 4.45. The Morgan fingerprint density at radius 1 is 1.11 bits per heavy atom. The SMILES string of the molecule is O=C(c1cocn1)N1C[C@H]2C[C@@H](C1)[C@H](Cc1ccccc1)n1c2cccc1=O. The van der Waals surface area contributed by atoms with Gasteiger partial charge in [-0.3, -0.25) is 9.59 Å². The fourth-order valence-corrected chi connectivity index (χ4v) is 4.81. The van der Waals surface area contributed by atoms with E-state index in [2.05, 4.69) is 17.1 Å². The van der Waals surface area contributed by atoms with Crippen molar-refractivity contribution in [3.63, 3.8) is 0 Å². The van der Waals surface area contributed by atoms with E-state index >= 15 is 0 Å². The highest BCUT2D eigenvalue weighted by molar-refractivity contribution is 5.92. The molecule has 28 heavy (non-hydrogen) atoms. The number of nitrogens with zero attached hydrogens (tertiary/aromatic N) is 3. The number of rotatable bonds is 3. The maximum Gasteiger partial charge on any atom is 0.275 e. The van der Waals surface area contributed by atoms with Crippen molar-refractivity contribution in [3.05, 3.63) is 88.5 Å². The first-order valence-corrected chi connectivity index (χ1v) is 9.63. The van der Waals surface area contributed by atoms with Crippen LogP contribution in [0.3, 0.4) is 0 Å². The normalized spacial score (nSPS) is 23.3. The van der Waals surface area contributed by atoms with Gasteiger partial charge in [0.15, 0.2) is 12.1 Å². The second kappa shape index (κ2) is 6.78. The molecule has 1 fully saturated rings. The second-order valence-electron chi connectivity index (χ2n) is 7.69. The number of oxazole rings is 1. The highest BCUT2D eigenvalue weighted by Crippen LogP contribution is 2.42. The molecule has 3 atom stereocenters. The molecular formula is C22H21N3O3. The standard InChI is InChI=1S/C22H21N3O3/c26-21-8-4-7-19-16-10-17(12-24(11-16)22(27)18-13-28-14-23-18)20(25(19)21)9-15-5-2-1-3-6-15/h1-8,13-14,16-17,20H,9-12H2/t16-,17+,20+/m1/s1. The number of hydrogen-bond acceptors (Lipinski definition) is 4. The number of carbonyl (C=O) groups excluding carboxylic acids is 1. The minimum atomic E-state index is -0.103. The van der Waals surface area contributed by atoms with E-state index in [0.717, 1.165) is 18.5 Å². The van der Waals surface area contributed by atoms with E-state index in [-0.39, 0.29) is 29.3 Å². The third-order valence-corrected chi connectivity index (χ3v) is 6.02. The number of benzene rings is 1. The Morgan fingerprint density at radius 3 is 2.75 bits per heavy atom. The van der Waals surface area contributed by atoms with Crippen LogP contribution in [0.2, 0.25) is 0 Å². The lowest BCUT2D eigenvalue weighted by atomic mass is 9.76. The van der Waals surface area contributed by atoms with E-state index in [1.54, 1.807) is 6.07 Å². The zero-order chi connectivity index (χ0) is 19.1. The van der Waals surface area contributed by atoms with Crippen molar-refractivity contribution in [1.29, 1.82) is 0 Å². The monoisotopic (exact) mass is 375 g/mol. The van der Waals surface area contributed by atoms with E-state index in [4.69, 9.17) is 4.42 Å². The Bertz CT molecular complexity index is 1040. The molecule has 4 heterocycles. The summed E-state index contributed by atoms with van der Waals surface area (Å²) >= 11 is 0. The molecule has 1 saturated heterocycles. The fraction of sp³-hybridized carbons (Fsp3) is 0.318. The average molecular weight is 375 g/mol. The summed E-state index contributed by atoms with van der Waals surface area (Å²) in [6, 6.07) is 15.8. The first-order valence-electron chi connectivity index (χ1n) is 9.63. The third-order valence-electron chi connectivity index (χ3n) is 6.02. The van der Waals surface area contributed by atoms with Crippen molar-refractivity contribution in [3.8, 4) is 0 Å². The first kappa shape index (κ1) is 17.0. The van der Waals surface area contributed by atoms with Crippen molar-refractivity contribution < 1.29 is 9.21 Å². The van der Waals surface area contributed by atoms with Crippen molar-refractivity contribution >= 4 is 5.91 Å². The van der Waals surface area contributed by atoms with Crippen LogP contribution in [0.5, 0.6) is 0 Å². The van der Waals surface area contributed by atoms with Gasteiger partial charge in [-0.05, 0) is 30.4 Å². The van der Waals surface area contributed by atoms with Crippen LogP contribution in [0.4, 0.5) is 0 Å². The van der Waals surface area contributed by atoms with Gasteiger partial charge in [-0.25, -0.2) is 4.98 Å². The molecule has 6 heteroatoms. The number of carbonyl (C=O) groups is 1. The number of piperidine rings is 1. The summed E-state index contributed by atoms with van der Waals surface area (Å²) in [7, 11) is 0. The summed E-state index contributed by atoms with van der Waals surface area (Å²) in [6.45, 7) is 1.23. The molecule has 0 spiro atoms. The van der Waals surface area contributed by atoms with E-state index in [1.807, 2.05) is 39.8 Å². The number of amides is 1. The van der Waals surface area contributed by atoms with Crippen molar-refractivity contribution in [2.75, 3.05) is 13.1 Å². The number of likely N-dealkylation sites (tertiary alicyclic amines) is 1. The minimum Gasteiger partial charge on any atom is -0.451 e. The molecule has 0 radical (unpaired) electrons.